The number of benzene rings is 2. The Hall–Kier alpha value is -2.83. The van der Waals surface area contributed by atoms with Crippen LogP contribution < -0.4 is 4.90 Å². The summed E-state index contributed by atoms with van der Waals surface area (Å²) in [6.45, 7) is 2.95. The molecule has 1 aliphatic heterocycles. The first-order valence-corrected chi connectivity index (χ1v) is 9.59. The second-order valence-electron chi connectivity index (χ2n) is 7.25. The summed E-state index contributed by atoms with van der Waals surface area (Å²) in [7, 11) is 0. The highest BCUT2D eigenvalue weighted by atomic mass is 19.4. The molecule has 2 aromatic rings. The van der Waals surface area contributed by atoms with Crippen LogP contribution in [0.3, 0.4) is 0 Å². The van der Waals surface area contributed by atoms with E-state index in [0.29, 0.717) is 18.8 Å². The largest absolute Gasteiger partial charge is 0.416 e. The van der Waals surface area contributed by atoms with Crippen LogP contribution in [0.15, 0.2) is 48.5 Å². The Balaban J connectivity index is 1.91. The molecule has 0 radical (unpaired) electrons. The van der Waals surface area contributed by atoms with Gasteiger partial charge in [0.15, 0.2) is 0 Å². The zero-order valence-electron chi connectivity index (χ0n) is 16.2. The van der Waals surface area contributed by atoms with Crippen molar-refractivity contribution in [1.29, 1.82) is 0 Å². The van der Waals surface area contributed by atoms with E-state index in [2.05, 4.69) is 0 Å². The van der Waals surface area contributed by atoms with Crippen molar-refractivity contribution in [2.24, 2.45) is 0 Å². The van der Waals surface area contributed by atoms with Gasteiger partial charge >= 0.3 is 6.18 Å². The van der Waals surface area contributed by atoms with Crippen molar-refractivity contribution in [1.82, 2.24) is 4.90 Å². The molecule has 0 unspecified atom stereocenters. The SMILES string of the molecule is Cc1ccc(N(CC(=O)N2CCCCC2)C(=O)c2cccc(C(F)(F)F)c2)cc1. The van der Waals surface area contributed by atoms with Crippen molar-refractivity contribution in [3.05, 3.63) is 65.2 Å². The summed E-state index contributed by atoms with van der Waals surface area (Å²) in [4.78, 5) is 28.8. The molecule has 0 saturated carbocycles. The summed E-state index contributed by atoms with van der Waals surface area (Å²) in [5, 5.41) is 0. The number of likely N-dealkylation sites (tertiary alicyclic amines) is 1. The molecular weight excluding hydrogens is 381 g/mol. The molecule has 3 rings (SSSR count). The van der Waals surface area contributed by atoms with Gasteiger partial charge in [0.2, 0.25) is 5.91 Å². The minimum absolute atomic E-state index is 0.105. The van der Waals surface area contributed by atoms with E-state index in [0.717, 1.165) is 37.0 Å². The molecule has 29 heavy (non-hydrogen) atoms. The van der Waals surface area contributed by atoms with Gasteiger partial charge in [-0.05, 0) is 56.5 Å². The molecule has 0 spiro atoms. The summed E-state index contributed by atoms with van der Waals surface area (Å²) in [6, 6.07) is 11.3. The molecule has 0 aliphatic carbocycles. The van der Waals surface area contributed by atoms with Gasteiger partial charge in [0.05, 0.1) is 5.56 Å². The number of hydrogen-bond donors (Lipinski definition) is 0. The monoisotopic (exact) mass is 404 g/mol. The van der Waals surface area contributed by atoms with Crippen LogP contribution in [0.25, 0.3) is 0 Å². The van der Waals surface area contributed by atoms with Gasteiger partial charge in [-0.25, -0.2) is 0 Å². The van der Waals surface area contributed by atoms with Crippen LogP contribution in [-0.2, 0) is 11.0 Å². The molecule has 1 aliphatic rings. The zero-order chi connectivity index (χ0) is 21.0. The van der Waals surface area contributed by atoms with Crippen molar-refractivity contribution in [2.75, 3.05) is 24.5 Å². The minimum atomic E-state index is -4.55. The average molecular weight is 404 g/mol. The van der Waals surface area contributed by atoms with E-state index >= 15 is 0 Å². The number of nitrogens with zero attached hydrogens (tertiary/aromatic N) is 2. The smallest absolute Gasteiger partial charge is 0.341 e. The maximum atomic E-state index is 13.1. The fourth-order valence-corrected chi connectivity index (χ4v) is 3.37. The fraction of sp³-hybridized carbons (Fsp3) is 0.364. The Labute approximate surface area is 167 Å². The predicted octanol–water partition coefficient (Wildman–Crippen LogP) is 4.67. The van der Waals surface area contributed by atoms with Crippen molar-refractivity contribution in [2.45, 2.75) is 32.4 Å². The lowest BCUT2D eigenvalue weighted by Gasteiger charge is -2.30. The van der Waals surface area contributed by atoms with E-state index in [-0.39, 0.29) is 18.0 Å². The van der Waals surface area contributed by atoms with Crippen LogP contribution in [0.4, 0.5) is 18.9 Å². The van der Waals surface area contributed by atoms with Crippen LogP contribution in [0.2, 0.25) is 0 Å². The zero-order valence-corrected chi connectivity index (χ0v) is 16.2. The number of piperidine rings is 1. The van der Waals surface area contributed by atoms with Gasteiger partial charge in [0.1, 0.15) is 6.54 Å². The predicted molar refractivity (Wildman–Crippen MR) is 105 cm³/mol. The summed E-state index contributed by atoms with van der Waals surface area (Å²) in [5.41, 5.74) is 0.451. The third-order valence-corrected chi connectivity index (χ3v) is 5.03. The molecule has 1 saturated heterocycles. The number of hydrogen-bond acceptors (Lipinski definition) is 2. The third-order valence-electron chi connectivity index (χ3n) is 5.03. The Morgan fingerprint density at radius 1 is 1.00 bits per heavy atom. The van der Waals surface area contributed by atoms with Crippen molar-refractivity contribution < 1.29 is 22.8 Å². The molecule has 0 bridgehead atoms. The molecule has 0 N–H and O–H groups in total. The van der Waals surface area contributed by atoms with Gasteiger partial charge in [0.25, 0.3) is 5.91 Å². The van der Waals surface area contributed by atoms with Crippen LogP contribution in [0.5, 0.6) is 0 Å². The number of carbonyl (C=O) groups is 2. The lowest BCUT2D eigenvalue weighted by Crippen LogP contribution is -2.45. The van der Waals surface area contributed by atoms with E-state index in [1.165, 1.54) is 17.0 Å². The van der Waals surface area contributed by atoms with Crippen molar-refractivity contribution in [3.8, 4) is 0 Å². The number of carbonyl (C=O) groups excluding carboxylic acids is 2. The van der Waals surface area contributed by atoms with Crippen molar-refractivity contribution in [3.63, 3.8) is 0 Å². The first kappa shape index (κ1) is 20.9. The summed E-state index contributed by atoms with van der Waals surface area (Å²) < 4.78 is 39.2. The molecule has 0 atom stereocenters. The first-order valence-electron chi connectivity index (χ1n) is 9.59. The van der Waals surface area contributed by atoms with Crippen molar-refractivity contribution >= 4 is 17.5 Å². The first-order chi connectivity index (χ1) is 13.8. The minimum Gasteiger partial charge on any atom is -0.341 e. The van der Waals surface area contributed by atoms with Gasteiger partial charge in [0, 0.05) is 24.3 Å². The lowest BCUT2D eigenvalue weighted by atomic mass is 10.1. The number of amides is 2. The number of halogens is 3. The van der Waals surface area contributed by atoms with Crippen LogP contribution in [0, 0.1) is 6.92 Å². The summed E-state index contributed by atoms with van der Waals surface area (Å²) in [5.74, 6) is -0.837. The standard InChI is InChI=1S/C22H23F3N2O2/c1-16-8-10-19(11-9-16)27(15-20(28)26-12-3-2-4-13-26)21(29)17-6-5-7-18(14-17)22(23,24)25/h5-11,14H,2-4,12-13,15H2,1H3. The highest BCUT2D eigenvalue weighted by Crippen LogP contribution is 2.30. The fourth-order valence-electron chi connectivity index (χ4n) is 3.37. The normalized spacial score (nSPS) is 14.6. The van der Waals surface area contributed by atoms with Crippen LogP contribution in [0.1, 0.15) is 40.7 Å². The number of aryl methyl sites for hydroxylation is 1. The van der Waals surface area contributed by atoms with E-state index in [1.807, 2.05) is 6.92 Å². The molecule has 2 amide bonds. The van der Waals surface area contributed by atoms with Gasteiger partial charge < -0.3 is 4.90 Å². The number of rotatable bonds is 4. The molecule has 2 aromatic carbocycles. The Morgan fingerprint density at radius 2 is 1.66 bits per heavy atom. The van der Waals surface area contributed by atoms with Gasteiger partial charge in [-0.15, -0.1) is 0 Å². The van der Waals surface area contributed by atoms with Gasteiger partial charge in [-0.1, -0.05) is 23.8 Å². The average Bonchev–Trinajstić information content (AvgIpc) is 2.72. The molecule has 4 nitrogen and oxygen atoms in total. The Bertz CT molecular complexity index is 872. The Kier molecular flexibility index (Phi) is 6.25. The van der Waals surface area contributed by atoms with Crippen LogP contribution in [-0.4, -0.2) is 36.3 Å². The molecular formula is C22H23F3N2O2. The highest BCUT2D eigenvalue weighted by molar-refractivity contribution is 6.08. The number of anilines is 1. The molecule has 1 fully saturated rings. The van der Waals surface area contributed by atoms with E-state index in [9.17, 15) is 22.8 Å². The molecule has 0 aromatic heterocycles. The summed E-state index contributed by atoms with van der Waals surface area (Å²) >= 11 is 0. The number of alkyl halides is 3. The highest BCUT2D eigenvalue weighted by Gasteiger charge is 2.32. The topological polar surface area (TPSA) is 40.6 Å². The second kappa shape index (κ2) is 8.68. The molecule has 1 heterocycles. The Morgan fingerprint density at radius 3 is 2.28 bits per heavy atom. The molecule has 7 heteroatoms. The van der Waals surface area contributed by atoms with E-state index in [1.54, 1.807) is 29.2 Å². The summed E-state index contributed by atoms with van der Waals surface area (Å²) in [6.07, 6.45) is -1.65. The maximum Gasteiger partial charge on any atom is 0.416 e. The molecule has 154 valence electrons. The third kappa shape index (κ3) is 5.16. The van der Waals surface area contributed by atoms with Gasteiger partial charge in [-0.3, -0.25) is 14.5 Å². The van der Waals surface area contributed by atoms with Gasteiger partial charge in [-0.2, -0.15) is 13.2 Å². The maximum absolute atomic E-state index is 13.1. The lowest BCUT2D eigenvalue weighted by molar-refractivity contribution is -0.137. The quantitative estimate of drug-likeness (QED) is 0.743. The van der Waals surface area contributed by atoms with E-state index in [4.69, 9.17) is 0 Å². The van der Waals surface area contributed by atoms with E-state index < -0.39 is 17.6 Å². The second-order valence-corrected chi connectivity index (χ2v) is 7.25. The van der Waals surface area contributed by atoms with Crippen LogP contribution >= 0.6 is 0 Å².